The lowest BCUT2D eigenvalue weighted by Gasteiger charge is -2.07. The molecule has 186 valence electrons. The van der Waals surface area contributed by atoms with Crippen molar-refractivity contribution >= 4 is 74.9 Å². The van der Waals surface area contributed by atoms with Gasteiger partial charge in [0.1, 0.15) is 0 Å². The fourth-order valence-electron chi connectivity index (χ4n) is 6.41. The van der Waals surface area contributed by atoms with E-state index >= 15 is 0 Å². The van der Waals surface area contributed by atoms with E-state index in [1.807, 2.05) is 17.5 Å². The zero-order valence-corrected chi connectivity index (χ0v) is 22.3. The topological polar surface area (TPSA) is 28.7 Å². The number of H-pyrrole nitrogens is 1. The molecule has 0 aliphatic carbocycles. The maximum atomic E-state index is 4.98. The van der Waals surface area contributed by atoms with Crippen LogP contribution in [-0.4, -0.2) is 9.97 Å². The quantitative estimate of drug-likeness (QED) is 0.223. The van der Waals surface area contributed by atoms with Crippen LogP contribution in [0.5, 0.6) is 0 Å². The van der Waals surface area contributed by atoms with Crippen molar-refractivity contribution in [3.8, 4) is 22.4 Å². The molecule has 0 amide bonds. The van der Waals surface area contributed by atoms with E-state index in [0.29, 0.717) is 0 Å². The number of fused-ring (bicyclic) bond motifs is 11. The summed E-state index contributed by atoms with van der Waals surface area (Å²) >= 11 is 1.85. The third-order valence-electron chi connectivity index (χ3n) is 8.27. The van der Waals surface area contributed by atoms with E-state index in [1.165, 1.54) is 63.6 Å². The van der Waals surface area contributed by atoms with Crippen molar-refractivity contribution in [1.82, 2.24) is 9.97 Å². The van der Waals surface area contributed by atoms with Crippen LogP contribution in [0.2, 0.25) is 0 Å². The zero-order valence-electron chi connectivity index (χ0n) is 21.5. The maximum Gasteiger partial charge on any atom is 0.0723 e. The summed E-state index contributed by atoms with van der Waals surface area (Å²) in [5, 5.41) is 10.2. The molecule has 0 unspecified atom stereocenters. The van der Waals surface area contributed by atoms with Crippen LogP contribution in [0.1, 0.15) is 0 Å². The molecular formula is C37H22N2S. The molecule has 40 heavy (non-hydrogen) atoms. The van der Waals surface area contributed by atoms with Crippen LogP contribution in [0.15, 0.2) is 128 Å². The molecule has 9 aromatic rings. The van der Waals surface area contributed by atoms with Crippen molar-refractivity contribution in [2.24, 2.45) is 0 Å². The van der Waals surface area contributed by atoms with Crippen LogP contribution in [0.25, 0.3) is 85.9 Å². The number of benzene rings is 6. The number of hydrogen-bond acceptors (Lipinski definition) is 2. The number of rotatable bonds is 2. The molecule has 6 aromatic carbocycles. The molecule has 0 aliphatic rings. The number of nitrogens with zero attached hydrogens (tertiary/aromatic N) is 1. The van der Waals surface area contributed by atoms with Gasteiger partial charge in [0, 0.05) is 53.7 Å². The molecule has 3 heteroatoms. The highest BCUT2D eigenvalue weighted by atomic mass is 32.1. The van der Waals surface area contributed by atoms with Gasteiger partial charge in [-0.05, 0) is 46.0 Å². The Kier molecular flexibility index (Phi) is 4.52. The number of thiophene rings is 1. The van der Waals surface area contributed by atoms with E-state index < -0.39 is 0 Å². The van der Waals surface area contributed by atoms with Crippen molar-refractivity contribution in [1.29, 1.82) is 0 Å². The van der Waals surface area contributed by atoms with Gasteiger partial charge < -0.3 is 4.98 Å². The summed E-state index contributed by atoms with van der Waals surface area (Å²) in [6, 6.07) is 43.7. The van der Waals surface area contributed by atoms with E-state index in [9.17, 15) is 0 Å². The summed E-state index contributed by atoms with van der Waals surface area (Å²) in [7, 11) is 0. The minimum Gasteiger partial charge on any atom is -0.353 e. The second-order valence-corrected chi connectivity index (χ2v) is 11.5. The number of hydrogen-bond donors (Lipinski definition) is 1. The van der Waals surface area contributed by atoms with Gasteiger partial charge in [-0.25, -0.2) is 0 Å². The highest BCUT2D eigenvalue weighted by Gasteiger charge is 2.16. The molecule has 0 radical (unpaired) electrons. The van der Waals surface area contributed by atoms with Crippen LogP contribution in [0, 0.1) is 0 Å². The van der Waals surface area contributed by atoms with Gasteiger partial charge in [-0.2, -0.15) is 0 Å². The largest absolute Gasteiger partial charge is 0.353 e. The predicted molar refractivity (Wildman–Crippen MR) is 172 cm³/mol. The van der Waals surface area contributed by atoms with Gasteiger partial charge in [-0.1, -0.05) is 97.1 Å². The minimum absolute atomic E-state index is 0.969. The first kappa shape index (κ1) is 21.9. The SMILES string of the molecule is c1ccc2c(c1)sc1ccc(-c3ccc(-c4cccc5c4[nH]c4c6ccccc6c6ccccc6c54)nc3)cc12. The molecule has 9 rings (SSSR count). The van der Waals surface area contributed by atoms with Crippen molar-refractivity contribution in [3.63, 3.8) is 0 Å². The Morgan fingerprint density at radius 1 is 0.475 bits per heavy atom. The molecule has 0 atom stereocenters. The Hall–Kier alpha value is -4.99. The summed E-state index contributed by atoms with van der Waals surface area (Å²) < 4.78 is 2.65. The second-order valence-electron chi connectivity index (χ2n) is 10.4. The lowest BCUT2D eigenvalue weighted by atomic mass is 9.96. The first-order valence-electron chi connectivity index (χ1n) is 13.6. The summed E-state index contributed by atoms with van der Waals surface area (Å²) in [6.07, 6.45) is 2.01. The van der Waals surface area contributed by atoms with E-state index in [1.54, 1.807) is 0 Å². The van der Waals surface area contributed by atoms with Gasteiger partial charge in [0.2, 0.25) is 0 Å². The van der Waals surface area contributed by atoms with Crippen molar-refractivity contribution in [2.45, 2.75) is 0 Å². The Morgan fingerprint density at radius 3 is 1.98 bits per heavy atom. The molecule has 0 fully saturated rings. The van der Waals surface area contributed by atoms with E-state index in [-0.39, 0.29) is 0 Å². The first-order chi connectivity index (χ1) is 19.8. The summed E-state index contributed by atoms with van der Waals surface area (Å²) in [4.78, 5) is 8.80. The lowest BCUT2D eigenvalue weighted by molar-refractivity contribution is 1.33. The smallest absolute Gasteiger partial charge is 0.0723 e. The Labute approximate surface area is 234 Å². The Balaban J connectivity index is 1.22. The number of pyridine rings is 1. The van der Waals surface area contributed by atoms with E-state index in [2.05, 4.69) is 126 Å². The standard InChI is InChI=1S/C37H22N2S/c1-3-11-27-24(8-1)25-9-2-4-12-28(25)37-35(27)30-14-7-13-29(36(30)39-37)32-18-16-23(21-38-32)22-17-19-34-31(20-22)26-10-5-6-15-33(26)40-34/h1-21,39H. The highest BCUT2D eigenvalue weighted by molar-refractivity contribution is 7.25. The third-order valence-corrected chi connectivity index (χ3v) is 9.42. The molecule has 2 nitrogen and oxygen atoms in total. The molecule has 1 N–H and O–H groups in total. The Bertz CT molecular complexity index is 2430. The molecule has 0 bridgehead atoms. The highest BCUT2D eigenvalue weighted by Crippen LogP contribution is 2.41. The normalized spacial score (nSPS) is 12.0. The van der Waals surface area contributed by atoms with Crippen LogP contribution < -0.4 is 0 Å². The molecule has 0 aliphatic heterocycles. The predicted octanol–water partition coefficient (Wildman–Crippen LogP) is 10.7. The fraction of sp³-hybridized carbons (Fsp3) is 0. The number of nitrogens with one attached hydrogen (secondary N) is 1. The number of aromatic nitrogens is 2. The van der Waals surface area contributed by atoms with Gasteiger partial charge in [0.15, 0.2) is 0 Å². The molecule has 0 saturated heterocycles. The lowest BCUT2D eigenvalue weighted by Crippen LogP contribution is -1.86. The zero-order chi connectivity index (χ0) is 26.2. The Morgan fingerprint density at radius 2 is 1.15 bits per heavy atom. The van der Waals surface area contributed by atoms with Crippen LogP contribution >= 0.6 is 11.3 Å². The van der Waals surface area contributed by atoms with E-state index in [4.69, 9.17) is 4.98 Å². The summed E-state index contributed by atoms with van der Waals surface area (Å²) in [5.74, 6) is 0. The second kappa shape index (κ2) is 8.25. The average Bonchev–Trinajstić information content (AvgIpc) is 3.60. The van der Waals surface area contributed by atoms with Crippen LogP contribution in [-0.2, 0) is 0 Å². The van der Waals surface area contributed by atoms with Crippen molar-refractivity contribution in [3.05, 3.63) is 128 Å². The monoisotopic (exact) mass is 526 g/mol. The van der Waals surface area contributed by atoms with Crippen molar-refractivity contribution < 1.29 is 0 Å². The number of para-hydroxylation sites is 1. The maximum absolute atomic E-state index is 4.98. The van der Waals surface area contributed by atoms with E-state index in [0.717, 1.165) is 22.3 Å². The van der Waals surface area contributed by atoms with Gasteiger partial charge in [0.05, 0.1) is 16.7 Å². The number of aromatic amines is 1. The minimum atomic E-state index is 0.969. The molecular weight excluding hydrogens is 504 g/mol. The molecule has 3 heterocycles. The van der Waals surface area contributed by atoms with Crippen LogP contribution in [0.4, 0.5) is 0 Å². The summed E-state index contributed by atoms with van der Waals surface area (Å²) in [5.41, 5.74) is 6.72. The van der Waals surface area contributed by atoms with Gasteiger partial charge in [-0.3, -0.25) is 4.98 Å². The molecule has 3 aromatic heterocycles. The van der Waals surface area contributed by atoms with Crippen LogP contribution in [0.3, 0.4) is 0 Å². The summed E-state index contributed by atoms with van der Waals surface area (Å²) in [6.45, 7) is 0. The van der Waals surface area contributed by atoms with Crippen molar-refractivity contribution in [2.75, 3.05) is 0 Å². The fourth-order valence-corrected chi connectivity index (χ4v) is 7.50. The third kappa shape index (κ3) is 3.07. The average molecular weight is 527 g/mol. The van der Waals surface area contributed by atoms with Gasteiger partial charge >= 0.3 is 0 Å². The van der Waals surface area contributed by atoms with Gasteiger partial charge in [-0.15, -0.1) is 11.3 Å². The van der Waals surface area contributed by atoms with Gasteiger partial charge in [0.25, 0.3) is 0 Å². The molecule has 0 spiro atoms. The molecule has 0 saturated carbocycles. The first-order valence-corrected chi connectivity index (χ1v) is 14.4.